The van der Waals surface area contributed by atoms with Crippen LogP contribution in [-0.2, 0) is 4.79 Å². The highest BCUT2D eigenvalue weighted by Gasteiger charge is 2.25. The minimum atomic E-state index is -0.184. The first kappa shape index (κ1) is 16.9. The van der Waals surface area contributed by atoms with Crippen LogP contribution in [0.15, 0.2) is 25.0 Å². The third-order valence-electron chi connectivity index (χ3n) is 4.07. The summed E-state index contributed by atoms with van der Waals surface area (Å²) in [5.74, 6) is 0.337. The second kappa shape index (κ2) is 6.92. The van der Waals surface area contributed by atoms with Gasteiger partial charge in [0.1, 0.15) is 11.3 Å². The second-order valence-electron chi connectivity index (χ2n) is 6.40. The van der Waals surface area contributed by atoms with Crippen LogP contribution in [0.25, 0.3) is 11.2 Å². The van der Waals surface area contributed by atoms with Crippen LogP contribution in [0.5, 0.6) is 0 Å². The van der Waals surface area contributed by atoms with Gasteiger partial charge in [-0.25, -0.2) is 9.97 Å². The fraction of sp³-hybridized carbons (Fsp3) is 0.412. The number of anilines is 1. The molecule has 0 bridgehead atoms. The van der Waals surface area contributed by atoms with Crippen LogP contribution >= 0.6 is 0 Å². The molecule has 8 heteroatoms. The summed E-state index contributed by atoms with van der Waals surface area (Å²) < 4.78 is 0. The van der Waals surface area contributed by atoms with Gasteiger partial charge in [0.25, 0.3) is 5.91 Å². The fourth-order valence-electron chi connectivity index (χ4n) is 2.89. The molecule has 132 valence electrons. The normalized spacial score (nSPS) is 17.1. The van der Waals surface area contributed by atoms with Crippen molar-refractivity contribution in [2.75, 3.05) is 18.4 Å². The van der Waals surface area contributed by atoms with Gasteiger partial charge in [-0.3, -0.25) is 9.59 Å². The second-order valence-corrected chi connectivity index (χ2v) is 6.40. The maximum Gasteiger partial charge on any atom is 0.255 e. The predicted octanol–water partition coefficient (Wildman–Crippen LogP) is 1.29. The predicted molar refractivity (Wildman–Crippen MR) is 95.3 cm³/mol. The van der Waals surface area contributed by atoms with E-state index < -0.39 is 0 Å². The Balaban J connectivity index is 1.76. The number of likely N-dealkylation sites (tertiary alicyclic amines) is 1. The van der Waals surface area contributed by atoms with Crippen molar-refractivity contribution in [3.8, 4) is 0 Å². The lowest BCUT2D eigenvalue weighted by Crippen LogP contribution is -2.30. The van der Waals surface area contributed by atoms with Crippen LogP contribution in [0.1, 0.15) is 30.6 Å². The summed E-state index contributed by atoms with van der Waals surface area (Å²) in [5.41, 5.74) is 1.56. The number of hydrogen-bond acceptors (Lipinski definition) is 5. The highest BCUT2D eigenvalue weighted by molar-refractivity contribution is 6.04. The lowest BCUT2D eigenvalue weighted by Gasteiger charge is -2.15. The van der Waals surface area contributed by atoms with Crippen molar-refractivity contribution in [1.82, 2.24) is 25.2 Å². The maximum atomic E-state index is 12.3. The van der Waals surface area contributed by atoms with E-state index in [2.05, 4.69) is 32.2 Å². The van der Waals surface area contributed by atoms with Gasteiger partial charge in [-0.15, -0.1) is 0 Å². The SMILES string of the molecule is C=CC(=O)N1CCC(Nc2cnc3[nH]cc(C(=O)NC(C)C)c3n2)C1. The first-order chi connectivity index (χ1) is 12.0. The number of carbonyl (C=O) groups excluding carboxylic acids is 2. The summed E-state index contributed by atoms with van der Waals surface area (Å²) >= 11 is 0. The third-order valence-corrected chi connectivity index (χ3v) is 4.07. The molecule has 8 nitrogen and oxygen atoms in total. The number of fused-ring (bicyclic) bond motifs is 1. The zero-order valence-corrected chi connectivity index (χ0v) is 14.4. The largest absolute Gasteiger partial charge is 0.364 e. The molecule has 0 saturated carbocycles. The summed E-state index contributed by atoms with van der Waals surface area (Å²) in [6.07, 6.45) is 5.40. The van der Waals surface area contributed by atoms with E-state index >= 15 is 0 Å². The Morgan fingerprint density at radius 2 is 2.28 bits per heavy atom. The van der Waals surface area contributed by atoms with Gasteiger partial charge in [0.15, 0.2) is 5.65 Å². The standard InChI is InChI=1S/C17H22N6O2/c1-4-14(24)23-6-5-11(9-23)21-13-8-19-16-15(22-13)12(7-18-16)17(25)20-10(2)3/h4,7-8,10-11H,1,5-6,9H2,2-3H3,(H,18,19)(H,20,25)(H,21,22). The molecular formula is C17H22N6O2. The number of H-pyrrole nitrogens is 1. The molecule has 1 aliphatic heterocycles. The number of nitrogens with zero attached hydrogens (tertiary/aromatic N) is 3. The van der Waals surface area contributed by atoms with E-state index in [0.717, 1.165) is 6.42 Å². The quantitative estimate of drug-likeness (QED) is 0.711. The number of amides is 2. The van der Waals surface area contributed by atoms with E-state index in [9.17, 15) is 9.59 Å². The van der Waals surface area contributed by atoms with Crippen LogP contribution < -0.4 is 10.6 Å². The molecule has 3 rings (SSSR count). The van der Waals surface area contributed by atoms with Crippen LogP contribution in [0.2, 0.25) is 0 Å². The van der Waals surface area contributed by atoms with Gasteiger partial charge >= 0.3 is 0 Å². The Bertz CT molecular complexity index is 813. The zero-order valence-electron chi connectivity index (χ0n) is 14.4. The summed E-state index contributed by atoms with van der Waals surface area (Å²) in [5, 5.41) is 6.15. The molecular weight excluding hydrogens is 320 g/mol. The van der Waals surface area contributed by atoms with Crippen molar-refractivity contribution in [1.29, 1.82) is 0 Å². The van der Waals surface area contributed by atoms with E-state index in [1.54, 1.807) is 17.3 Å². The van der Waals surface area contributed by atoms with Gasteiger partial charge in [-0.2, -0.15) is 0 Å². The number of aromatic amines is 1. The number of carbonyl (C=O) groups is 2. The smallest absolute Gasteiger partial charge is 0.255 e. The van der Waals surface area contributed by atoms with Gasteiger partial charge in [-0.1, -0.05) is 6.58 Å². The molecule has 1 atom stereocenters. The Hall–Kier alpha value is -2.90. The number of rotatable bonds is 5. The van der Waals surface area contributed by atoms with Gasteiger partial charge in [0, 0.05) is 31.4 Å². The summed E-state index contributed by atoms with van der Waals surface area (Å²) in [6.45, 7) is 8.60. The minimum Gasteiger partial charge on any atom is -0.364 e. The average molecular weight is 342 g/mol. The number of aromatic nitrogens is 3. The molecule has 0 radical (unpaired) electrons. The third kappa shape index (κ3) is 3.62. The molecule has 0 aromatic carbocycles. The summed E-state index contributed by atoms with van der Waals surface area (Å²) in [4.78, 5) is 37.5. The van der Waals surface area contributed by atoms with E-state index in [1.165, 1.54) is 6.08 Å². The molecule has 3 N–H and O–H groups in total. The number of hydrogen-bond donors (Lipinski definition) is 3. The van der Waals surface area contributed by atoms with Crippen LogP contribution in [0.4, 0.5) is 5.82 Å². The minimum absolute atomic E-state index is 0.0404. The Kier molecular flexibility index (Phi) is 4.69. The van der Waals surface area contributed by atoms with Gasteiger partial charge in [0.2, 0.25) is 5.91 Å². The highest BCUT2D eigenvalue weighted by atomic mass is 16.2. The molecule has 1 unspecified atom stereocenters. The van der Waals surface area contributed by atoms with Gasteiger partial charge < -0.3 is 20.5 Å². The van der Waals surface area contributed by atoms with Crippen LogP contribution in [-0.4, -0.2) is 56.8 Å². The average Bonchev–Trinajstić information content (AvgIpc) is 3.20. The van der Waals surface area contributed by atoms with Gasteiger partial charge in [0.05, 0.1) is 11.8 Å². The fourth-order valence-corrected chi connectivity index (χ4v) is 2.89. The molecule has 3 heterocycles. The van der Waals surface area contributed by atoms with Crippen molar-refractivity contribution >= 4 is 28.8 Å². The monoisotopic (exact) mass is 342 g/mol. The Morgan fingerprint density at radius 1 is 1.48 bits per heavy atom. The molecule has 2 aromatic heterocycles. The molecule has 1 aliphatic rings. The van der Waals surface area contributed by atoms with Crippen LogP contribution in [0, 0.1) is 0 Å². The molecule has 1 fully saturated rings. The highest BCUT2D eigenvalue weighted by Crippen LogP contribution is 2.19. The molecule has 0 aliphatic carbocycles. The first-order valence-electron chi connectivity index (χ1n) is 8.30. The van der Waals surface area contributed by atoms with E-state index in [-0.39, 0.29) is 23.9 Å². The van der Waals surface area contributed by atoms with Crippen molar-refractivity contribution in [3.63, 3.8) is 0 Å². The van der Waals surface area contributed by atoms with E-state index in [0.29, 0.717) is 35.6 Å². The molecule has 1 saturated heterocycles. The zero-order chi connectivity index (χ0) is 18.0. The van der Waals surface area contributed by atoms with E-state index in [1.807, 2.05) is 13.8 Å². The van der Waals surface area contributed by atoms with Crippen molar-refractivity contribution in [2.24, 2.45) is 0 Å². The van der Waals surface area contributed by atoms with Crippen LogP contribution in [0.3, 0.4) is 0 Å². The lowest BCUT2D eigenvalue weighted by molar-refractivity contribution is -0.125. The lowest BCUT2D eigenvalue weighted by atomic mass is 10.2. The molecule has 2 aromatic rings. The Labute approximate surface area is 145 Å². The van der Waals surface area contributed by atoms with Crippen molar-refractivity contribution in [3.05, 3.63) is 30.6 Å². The molecule has 2 amide bonds. The first-order valence-corrected chi connectivity index (χ1v) is 8.30. The molecule has 25 heavy (non-hydrogen) atoms. The summed E-state index contributed by atoms with van der Waals surface area (Å²) in [6, 6.07) is 0.140. The van der Waals surface area contributed by atoms with Crippen molar-refractivity contribution < 1.29 is 9.59 Å². The Morgan fingerprint density at radius 3 is 3.00 bits per heavy atom. The van der Waals surface area contributed by atoms with Crippen molar-refractivity contribution in [2.45, 2.75) is 32.4 Å². The maximum absolute atomic E-state index is 12.3. The van der Waals surface area contributed by atoms with E-state index in [4.69, 9.17) is 0 Å². The topological polar surface area (TPSA) is 103 Å². The number of nitrogens with one attached hydrogen (secondary N) is 3. The molecule has 0 spiro atoms. The summed E-state index contributed by atoms with van der Waals surface area (Å²) in [7, 11) is 0. The van der Waals surface area contributed by atoms with Gasteiger partial charge in [-0.05, 0) is 26.3 Å².